The van der Waals surface area contributed by atoms with E-state index in [1.165, 1.54) is 9.91 Å². The lowest BCUT2D eigenvalue weighted by atomic mass is 10.2. The van der Waals surface area contributed by atoms with Gasteiger partial charge in [0.15, 0.2) is 0 Å². The van der Waals surface area contributed by atoms with Crippen LogP contribution in [0.15, 0.2) is 53.9 Å². The Balaban J connectivity index is 1.72. The van der Waals surface area contributed by atoms with Crippen LogP contribution in [0.4, 0.5) is 5.69 Å². The van der Waals surface area contributed by atoms with E-state index in [9.17, 15) is 9.59 Å². The Bertz CT molecular complexity index is 741. The normalized spacial score (nSPS) is 15.5. The molecule has 1 aliphatic heterocycles. The van der Waals surface area contributed by atoms with Crippen molar-refractivity contribution in [3.63, 3.8) is 0 Å². The first-order valence-electron chi connectivity index (χ1n) is 7.25. The number of aromatic nitrogens is 1. The topological polar surface area (TPSA) is 65.9 Å². The molecule has 0 unspecified atom stereocenters. The van der Waals surface area contributed by atoms with Crippen molar-refractivity contribution in [2.45, 2.75) is 6.92 Å². The Labute approximate surface area is 134 Å². The van der Waals surface area contributed by atoms with Crippen molar-refractivity contribution in [1.82, 2.24) is 9.99 Å². The van der Waals surface area contributed by atoms with Crippen molar-refractivity contribution in [3.05, 3.63) is 59.9 Å². The fraction of sp³-hybridized carbons (Fsp3) is 0.176. The number of hydrazone groups is 1. The fourth-order valence-electron chi connectivity index (χ4n) is 2.26. The maximum absolute atomic E-state index is 12.3. The number of anilines is 1. The summed E-state index contributed by atoms with van der Waals surface area (Å²) in [5, 5.41) is 5.31. The molecule has 3 rings (SSSR count). The van der Waals surface area contributed by atoms with Gasteiger partial charge in [-0.1, -0.05) is 17.7 Å². The molecule has 2 aromatic rings. The summed E-state index contributed by atoms with van der Waals surface area (Å²) in [5.41, 5.74) is 2.65. The predicted molar refractivity (Wildman–Crippen MR) is 87.1 cm³/mol. The van der Waals surface area contributed by atoms with E-state index in [0.29, 0.717) is 0 Å². The molecule has 0 atom stereocenters. The van der Waals surface area contributed by atoms with Gasteiger partial charge < -0.3 is 4.90 Å². The molecule has 0 aliphatic carbocycles. The third-order valence-corrected chi connectivity index (χ3v) is 3.57. The van der Waals surface area contributed by atoms with Gasteiger partial charge in [0.25, 0.3) is 5.91 Å². The molecule has 0 radical (unpaired) electrons. The number of carbonyl (C=O) groups excluding carboxylic acids is 2. The molecule has 2 amide bonds. The highest BCUT2D eigenvalue weighted by Gasteiger charge is 2.30. The second-order valence-corrected chi connectivity index (χ2v) is 5.29. The summed E-state index contributed by atoms with van der Waals surface area (Å²) in [6.45, 7) is 1.91. The molecule has 2 heterocycles. The molecule has 1 aromatic heterocycles. The van der Waals surface area contributed by atoms with Gasteiger partial charge in [0.05, 0.1) is 6.21 Å². The zero-order valence-electron chi connectivity index (χ0n) is 12.7. The lowest BCUT2D eigenvalue weighted by Gasteiger charge is -2.31. The summed E-state index contributed by atoms with van der Waals surface area (Å²) in [5.74, 6) is -0.365. The van der Waals surface area contributed by atoms with Crippen molar-refractivity contribution in [2.75, 3.05) is 18.0 Å². The van der Waals surface area contributed by atoms with E-state index in [1.807, 2.05) is 31.2 Å². The molecule has 0 bridgehead atoms. The number of amides is 2. The summed E-state index contributed by atoms with van der Waals surface area (Å²) in [6.07, 6.45) is 4.84. The van der Waals surface area contributed by atoms with Crippen LogP contribution >= 0.6 is 0 Å². The van der Waals surface area contributed by atoms with E-state index in [0.717, 1.165) is 16.8 Å². The third kappa shape index (κ3) is 3.42. The van der Waals surface area contributed by atoms with Crippen LogP contribution in [0.1, 0.15) is 11.1 Å². The lowest BCUT2D eigenvalue weighted by molar-refractivity contribution is -0.138. The Morgan fingerprint density at radius 2 is 1.70 bits per heavy atom. The quantitative estimate of drug-likeness (QED) is 0.809. The van der Waals surface area contributed by atoms with Gasteiger partial charge in [-0.3, -0.25) is 14.6 Å². The van der Waals surface area contributed by atoms with Crippen molar-refractivity contribution >= 4 is 23.7 Å². The first kappa shape index (κ1) is 14.9. The Morgan fingerprint density at radius 1 is 1.00 bits per heavy atom. The summed E-state index contributed by atoms with van der Waals surface area (Å²) >= 11 is 0. The summed E-state index contributed by atoms with van der Waals surface area (Å²) < 4.78 is 0. The summed E-state index contributed by atoms with van der Waals surface area (Å²) in [4.78, 5) is 29.9. The van der Waals surface area contributed by atoms with Crippen LogP contribution in [0.5, 0.6) is 0 Å². The highest BCUT2D eigenvalue weighted by molar-refractivity contribution is 6.04. The van der Waals surface area contributed by atoms with Gasteiger partial charge in [-0.15, -0.1) is 0 Å². The number of nitrogens with zero attached hydrogens (tertiary/aromatic N) is 4. The molecule has 1 saturated heterocycles. The van der Waals surface area contributed by atoms with Gasteiger partial charge in [0.2, 0.25) is 5.91 Å². The number of aryl methyl sites for hydroxylation is 1. The molecule has 23 heavy (non-hydrogen) atoms. The number of pyridine rings is 1. The molecule has 1 aromatic carbocycles. The van der Waals surface area contributed by atoms with Gasteiger partial charge in [0, 0.05) is 18.1 Å². The number of hydrogen-bond donors (Lipinski definition) is 0. The Hall–Kier alpha value is -3.02. The third-order valence-electron chi connectivity index (χ3n) is 3.57. The molecule has 1 fully saturated rings. The van der Waals surface area contributed by atoms with E-state index < -0.39 is 0 Å². The van der Waals surface area contributed by atoms with Gasteiger partial charge in [0.1, 0.15) is 13.1 Å². The van der Waals surface area contributed by atoms with E-state index in [-0.39, 0.29) is 24.9 Å². The zero-order chi connectivity index (χ0) is 16.2. The molecular formula is C17H16N4O2. The first-order chi connectivity index (χ1) is 11.1. The fourth-order valence-corrected chi connectivity index (χ4v) is 2.26. The van der Waals surface area contributed by atoms with Crippen molar-refractivity contribution < 1.29 is 9.59 Å². The van der Waals surface area contributed by atoms with Crippen LogP contribution in [0.2, 0.25) is 0 Å². The number of carbonyl (C=O) groups is 2. The highest BCUT2D eigenvalue weighted by Crippen LogP contribution is 2.18. The molecule has 6 nitrogen and oxygen atoms in total. The van der Waals surface area contributed by atoms with Crippen LogP contribution in [-0.2, 0) is 9.59 Å². The van der Waals surface area contributed by atoms with Crippen LogP contribution in [-0.4, -0.2) is 41.1 Å². The van der Waals surface area contributed by atoms with Gasteiger partial charge in [-0.05, 0) is 36.8 Å². The molecule has 116 valence electrons. The molecule has 1 aliphatic rings. The Morgan fingerprint density at radius 3 is 2.39 bits per heavy atom. The summed E-state index contributed by atoms with van der Waals surface area (Å²) in [6, 6.07) is 11.1. The average Bonchev–Trinajstić information content (AvgIpc) is 2.57. The predicted octanol–water partition coefficient (Wildman–Crippen LogP) is 1.60. The van der Waals surface area contributed by atoms with Crippen LogP contribution in [0, 0.1) is 6.92 Å². The van der Waals surface area contributed by atoms with Crippen molar-refractivity contribution in [1.29, 1.82) is 0 Å². The van der Waals surface area contributed by atoms with Crippen molar-refractivity contribution in [3.8, 4) is 0 Å². The number of piperazine rings is 1. The maximum atomic E-state index is 12.3. The highest BCUT2D eigenvalue weighted by atomic mass is 16.2. The minimum atomic E-state index is -0.213. The maximum Gasteiger partial charge on any atom is 0.263 e. The average molecular weight is 308 g/mol. The van der Waals surface area contributed by atoms with Crippen molar-refractivity contribution in [2.24, 2.45) is 5.10 Å². The molecular weight excluding hydrogens is 292 g/mol. The minimum absolute atomic E-state index is 0.00439. The Kier molecular flexibility index (Phi) is 4.14. The minimum Gasteiger partial charge on any atom is -0.301 e. The molecule has 6 heteroatoms. The van der Waals surface area contributed by atoms with Gasteiger partial charge in [-0.2, -0.15) is 5.10 Å². The number of benzene rings is 1. The van der Waals surface area contributed by atoms with E-state index in [1.54, 1.807) is 30.7 Å². The lowest BCUT2D eigenvalue weighted by Crippen LogP contribution is -2.52. The smallest absolute Gasteiger partial charge is 0.263 e. The van der Waals surface area contributed by atoms with Gasteiger partial charge >= 0.3 is 0 Å². The van der Waals surface area contributed by atoms with Crippen LogP contribution < -0.4 is 4.90 Å². The number of hydrogen-bond acceptors (Lipinski definition) is 4. The summed E-state index contributed by atoms with van der Waals surface area (Å²) in [7, 11) is 0. The molecule has 0 spiro atoms. The monoisotopic (exact) mass is 308 g/mol. The second-order valence-electron chi connectivity index (χ2n) is 5.29. The van der Waals surface area contributed by atoms with E-state index >= 15 is 0 Å². The first-order valence-corrected chi connectivity index (χ1v) is 7.25. The van der Waals surface area contributed by atoms with Gasteiger partial charge in [-0.25, -0.2) is 5.01 Å². The van der Waals surface area contributed by atoms with E-state index in [2.05, 4.69) is 10.1 Å². The SMILES string of the molecule is Cc1ccc(N2CC(=O)N(/N=C/c3ccncc3)CC2=O)cc1. The standard InChI is InChI=1S/C17H16N4O2/c1-13-2-4-15(5-3-13)20-11-17(23)21(12-16(20)22)19-10-14-6-8-18-9-7-14/h2-10H,11-12H2,1H3/b19-10+. The molecule has 0 N–H and O–H groups in total. The second kappa shape index (κ2) is 6.39. The number of rotatable bonds is 3. The van der Waals surface area contributed by atoms with Crippen LogP contribution in [0.3, 0.4) is 0 Å². The zero-order valence-corrected chi connectivity index (χ0v) is 12.7. The molecule has 0 saturated carbocycles. The largest absolute Gasteiger partial charge is 0.301 e. The van der Waals surface area contributed by atoms with E-state index in [4.69, 9.17) is 0 Å². The van der Waals surface area contributed by atoms with Crippen LogP contribution in [0.25, 0.3) is 0 Å².